The highest BCUT2D eigenvalue weighted by Crippen LogP contribution is 2.49. The summed E-state index contributed by atoms with van der Waals surface area (Å²) in [4.78, 5) is 28.1. The van der Waals surface area contributed by atoms with Crippen molar-refractivity contribution >= 4 is 41.0 Å². The average Bonchev–Trinajstić information content (AvgIpc) is 3.29. The summed E-state index contributed by atoms with van der Waals surface area (Å²) in [5.41, 5.74) is 2.41. The smallest absolute Gasteiger partial charge is 0.240 e. The lowest BCUT2D eigenvalue weighted by atomic mass is 9.99. The molecule has 1 aliphatic heterocycles. The van der Waals surface area contributed by atoms with Crippen molar-refractivity contribution in [2.45, 2.75) is 11.7 Å². The lowest BCUT2D eigenvalue weighted by Crippen LogP contribution is -2.42. The van der Waals surface area contributed by atoms with Crippen molar-refractivity contribution in [3.63, 3.8) is 0 Å². The van der Waals surface area contributed by atoms with Gasteiger partial charge in [0.1, 0.15) is 24.0 Å². The molecule has 0 fully saturated rings. The SMILES string of the molecule is COCCCNC(=O)CN1C(=O)CS[C@@H](c2ccc(F)cc2F)c2c(-c3ccccc3)nn(-c3ccccc3Cl)c21. The Balaban J connectivity index is 1.74. The normalized spacial score (nSPS) is 15.0. The number of aromatic nitrogens is 2. The lowest BCUT2D eigenvalue weighted by molar-refractivity contribution is -0.122. The summed E-state index contributed by atoms with van der Waals surface area (Å²) in [7, 11) is 1.58. The summed E-state index contributed by atoms with van der Waals surface area (Å²) in [6.45, 7) is 0.565. The van der Waals surface area contributed by atoms with Crippen LogP contribution in [0.5, 0.6) is 0 Å². The number of ether oxygens (including phenoxy) is 1. The van der Waals surface area contributed by atoms with E-state index in [4.69, 9.17) is 21.4 Å². The Morgan fingerprint density at radius 2 is 1.88 bits per heavy atom. The molecular weight excluding hydrogens is 570 g/mol. The molecule has 0 bridgehead atoms. The highest BCUT2D eigenvalue weighted by molar-refractivity contribution is 8.00. The maximum absolute atomic E-state index is 15.3. The van der Waals surface area contributed by atoms with Crippen LogP contribution in [0.25, 0.3) is 16.9 Å². The Labute approximate surface area is 245 Å². The maximum Gasteiger partial charge on any atom is 0.240 e. The van der Waals surface area contributed by atoms with Gasteiger partial charge in [-0.1, -0.05) is 60.1 Å². The molecule has 0 radical (unpaired) electrons. The molecule has 11 heteroatoms. The molecule has 2 amide bonds. The molecule has 0 aliphatic carbocycles. The molecule has 1 aromatic heterocycles. The second-order valence-electron chi connectivity index (χ2n) is 9.35. The fourth-order valence-electron chi connectivity index (χ4n) is 4.72. The monoisotopic (exact) mass is 596 g/mol. The molecule has 1 aliphatic rings. The molecule has 0 unspecified atom stereocenters. The molecule has 2 heterocycles. The molecule has 212 valence electrons. The van der Waals surface area contributed by atoms with E-state index in [0.29, 0.717) is 47.4 Å². The second-order valence-corrected chi connectivity index (χ2v) is 10.8. The van der Waals surface area contributed by atoms with E-state index in [1.807, 2.05) is 30.3 Å². The zero-order chi connectivity index (χ0) is 28.9. The van der Waals surface area contributed by atoms with E-state index in [-0.39, 0.29) is 29.7 Å². The minimum absolute atomic E-state index is 0.0517. The number of hydrogen-bond acceptors (Lipinski definition) is 5. The van der Waals surface area contributed by atoms with Gasteiger partial charge in [-0.2, -0.15) is 5.10 Å². The van der Waals surface area contributed by atoms with E-state index in [0.717, 1.165) is 11.6 Å². The van der Waals surface area contributed by atoms with Gasteiger partial charge in [0.05, 0.1) is 27.4 Å². The van der Waals surface area contributed by atoms with Crippen LogP contribution in [-0.2, 0) is 14.3 Å². The molecule has 41 heavy (non-hydrogen) atoms. The molecule has 0 saturated carbocycles. The number of anilines is 1. The predicted molar refractivity (Wildman–Crippen MR) is 157 cm³/mol. The van der Waals surface area contributed by atoms with Gasteiger partial charge in [0.2, 0.25) is 11.8 Å². The summed E-state index contributed by atoms with van der Waals surface area (Å²) < 4.78 is 35.8. The largest absolute Gasteiger partial charge is 0.385 e. The summed E-state index contributed by atoms with van der Waals surface area (Å²) in [6.07, 6.45) is 0.610. The zero-order valence-corrected chi connectivity index (χ0v) is 23.7. The van der Waals surface area contributed by atoms with E-state index in [1.165, 1.54) is 33.5 Å². The Kier molecular flexibility index (Phi) is 9.02. The molecule has 3 aromatic carbocycles. The number of carbonyl (C=O) groups excluding carboxylic acids is 2. The third kappa shape index (κ3) is 6.14. The maximum atomic E-state index is 15.3. The van der Waals surface area contributed by atoms with Crippen molar-refractivity contribution in [1.29, 1.82) is 0 Å². The van der Waals surface area contributed by atoms with E-state index >= 15 is 4.39 Å². The first-order valence-electron chi connectivity index (χ1n) is 12.9. The van der Waals surface area contributed by atoms with Gasteiger partial charge in [-0.25, -0.2) is 13.5 Å². The van der Waals surface area contributed by atoms with Crippen molar-refractivity contribution in [2.24, 2.45) is 0 Å². The Morgan fingerprint density at radius 1 is 1.12 bits per heavy atom. The summed E-state index contributed by atoms with van der Waals surface area (Å²) in [5, 5.41) is 7.37. The second kappa shape index (κ2) is 12.8. The van der Waals surface area contributed by atoms with Crippen LogP contribution in [0.1, 0.15) is 22.8 Å². The predicted octanol–water partition coefficient (Wildman–Crippen LogP) is 5.79. The third-order valence-corrected chi connectivity index (χ3v) is 8.17. The first-order valence-corrected chi connectivity index (χ1v) is 14.4. The number of thioether (sulfide) groups is 1. The quantitative estimate of drug-likeness (QED) is 0.248. The van der Waals surface area contributed by atoms with Crippen molar-refractivity contribution in [2.75, 3.05) is 37.5 Å². The number of hydrogen-bond donors (Lipinski definition) is 1. The molecular formula is C30H27ClF2N4O3S. The first kappa shape index (κ1) is 28.8. The molecule has 1 N–H and O–H groups in total. The number of methoxy groups -OCH3 is 1. The molecule has 5 rings (SSSR count). The fourth-order valence-corrected chi connectivity index (χ4v) is 6.16. The third-order valence-electron chi connectivity index (χ3n) is 6.61. The lowest BCUT2D eigenvalue weighted by Gasteiger charge is -2.23. The standard InChI is InChI=1S/C30H27ClF2N4O3S/c1-40-15-7-14-34-25(38)17-36-26(39)18-41-29(21-13-12-20(32)16-23(21)33)27-28(19-8-3-2-4-9-19)35-37(30(27)36)24-11-6-5-10-22(24)31/h2-6,8-13,16,29H,7,14-15,17-18H2,1H3,(H,34,38)/t29-/m0/s1. The molecule has 7 nitrogen and oxygen atoms in total. The van der Waals surface area contributed by atoms with Crippen LogP contribution in [0, 0.1) is 11.6 Å². The summed E-state index contributed by atoms with van der Waals surface area (Å²) in [6, 6.07) is 19.7. The van der Waals surface area contributed by atoms with Crippen molar-refractivity contribution in [1.82, 2.24) is 15.1 Å². The van der Waals surface area contributed by atoms with Gasteiger partial charge in [-0.15, -0.1) is 11.8 Å². The van der Waals surface area contributed by atoms with Crippen LogP contribution in [-0.4, -0.2) is 54.2 Å². The highest BCUT2D eigenvalue weighted by Gasteiger charge is 2.38. The number of nitrogens with one attached hydrogen (secondary N) is 1. The zero-order valence-electron chi connectivity index (χ0n) is 22.1. The summed E-state index contributed by atoms with van der Waals surface area (Å²) in [5.74, 6) is -1.93. The number of amides is 2. The van der Waals surface area contributed by atoms with Gasteiger partial charge >= 0.3 is 0 Å². The van der Waals surface area contributed by atoms with Gasteiger partial charge in [-0.3, -0.25) is 14.5 Å². The van der Waals surface area contributed by atoms with Crippen LogP contribution < -0.4 is 10.2 Å². The number of para-hydroxylation sites is 1. The van der Waals surface area contributed by atoms with Gasteiger partial charge < -0.3 is 10.1 Å². The minimum Gasteiger partial charge on any atom is -0.385 e. The average molecular weight is 597 g/mol. The number of carbonyl (C=O) groups is 2. The number of fused-ring (bicyclic) bond motifs is 1. The number of benzene rings is 3. The van der Waals surface area contributed by atoms with Crippen LogP contribution in [0.2, 0.25) is 5.02 Å². The first-order chi connectivity index (χ1) is 19.9. The van der Waals surface area contributed by atoms with E-state index in [9.17, 15) is 14.0 Å². The van der Waals surface area contributed by atoms with Crippen molar-refractivity contribution in [3.05, 3.63) is 101 Å². The van der Waals surface area contributed by atoms with Gasteiger partial charge in [0.15, 0.2) is 0 Å². The highest BCUT2D eigenvalue weighted by atomic mass is 35.5. The number of nitrogens with zero attached hydrogens (tertiary/aromatic N) is 3. The van der Waals surface area contributed by atoms with Crippen molar-refractivity contribution in [3.8, 4) is 16.9 Å². The van der Waals surface area contributed by atoms with E-state index in [2.05, 4.69) is 5.32 Å². The Morgan fingerprint density at radius 3 is 2.61 bits per heavy atom. The van der Waals surface area contributed by atoms with Crippen LogP contribution in [0.4, 0.5) is 14.6 Å². The molecule has 1 atom stereocenters. The Hall–Kier alpha value is -3.73. The van der Waals surface area contributed by atoms with E-state index < -0.39 is 16.9 Å². The molecule has 0 saturated heterocycles. The van der Waals surface area contributed by atoms with Crippen LogP contribution >= 0.6 is 23.4 Å². The fraction of sp³-hybridized carbons (Fsp3) is 0.233. The minimum atomic E-state index is -0.741. The van der Waals surface area contributed by atoms with Gasteiger partial charge in [0, 0.05) is 43.0 Å². The molecule has 4 aromatic rings. The topological polar surface area (TPSA) is 76.5 Å². The van der Waals surface area contributed by atoms with Gasteiger partial charge in [0.25, 0.3) is 0 Å². The molecule has 0 spiro atoms. The van der Waals surface area contributed by atoms with Crippen LogP contribution in [0.3, 0.4) is 0 Å². The number of halogens is 3. The van der Waals surface area contributed by atoms with Crippen LogP contribution in [0.15, 0.2) is 72.8 Å². The summed E-state index contributed by atoms with van der Waals surface area (Å²) >= 11 is 7.82. The Bertz CT molecular complexity index is 1570. The number of rotatable bonds is 9. The van der Waals surface area contributed by atoms with E-state index in [1.54, 1.807) is 31.4 Å². The van der Waals surface area contributed by atoms with Crippen molar-refractivity contribution < 1.29 is 23.1 Å². The van der Waals surface area contributed by atoms with Gasteiger partial charge in [-0.05, 0) is 24.6 Å².